The van der Waals surface area contributed by atoms with Gasteiger partial charge in [0.2, 0.25) is 0 Å². The summed E-state index contributed by atoms with van der Waals surface area (Å²) in [6, 6.07) is 13.2. The van der Waals surface area contributed by atoms with Crippen molar-refractivity contribution in [3.8, 4) is 5.75 Å². The number of sulfone groups is 1. The Hall–Kier alpha value is -1.33. The minimum absolute atomic E-state index is 0.0288. The first-order valence-electron chi connectivity index (χ1n) is 7.42. The van der Waals surface area contributed by atoms with Crippen molar-refractivity contribution in [1.82, 2.24) is 0 Å². The van der Waals surface area contributed by atoms with Gasteiger partial charge in [-0.2, -0.15) is 0 Å². The number of rotatable bonds is 6. The zero-order valence-corrected chi connectivity index (χ0v) is 15.9. The number of ether oxygens (including phenoxy) is 1. The van der Waals surface area contributed by atoms with E-state index in [4.69, 9.17) is 4.74 Å². The zero-order valence-electron chi connectivity index (χ0n) is 13.5. The Labute approximate surface area is 146 Å². The van der Waals surface area contributed by atoms with Crippen LogP contribution < -0.4 is 4.74 Å². The standard InChI is InChI=1S/C18H21BrO3S/c1-13(2)15-6-4-14(5-7-15)11-23(20,21)12-16-10-17(19)8-9-18(16)22-3/h4-10,13H,11-12H2,1-3H3. The lowest BCUT2D eigenvalue weighted by atomic mass is 10.0. The number of halogens is 1. The molecule has 0 aliphatic rings. The van der Waals surface area contributed by atoms with Crippen molar-refractivity contribution in [2.24, 2.45) is 0 Å². The second-order valence-electron chi connectivity index (χ2n) is 5.88. The lowest BCUT2D eigenvalue weighted by Gasteiger charge is -2.11. The van der Waals surface area contributed by atoms with E-state index in [0.717, 1.165) is 10.0 Å². The van der Waals surface area contributed by atoms with Crippen molar-refractivity contribution in [2.75, 3.05) is 7.11 Å². The molecular weight excluding hydrogens is 376 g/mol. The largest absolute Gasteiger partial charge is 0.496 e. The Morgan fingerprint density at radius 3 is 2.26 bits per heavy atom. The predicted octanol–water partition coefficient (Wildman–Crippen LogP) is 4.70. The van der Waals surface area contributed by atoms with Gasteiger partial charge in [-0.1, -0.05) is 54.0 Å². The maximum atomic E-state index is 12.5. The van der Waals surface area contributed by atoms with Gasteiger partial charge >= 0.3 is 0 Å². The lowest BCUT2D eigenvalue weighted by Crippen LogP contribution is -2.09. The van der Waals surface area contributed by atoms with Gasteiger partial charge in [-0.05, 0) is 35.2 Å². The molecule has 0 atom stereocenters. The van der Waals surface area contributed by atoms with Crippen LogP contribution in [-0.2, 0) is 21.3 Å². The molecule has 23 heavy (non-hydrogen) atoms. The highest BCUT2D eigenvalue weighted by Gasteiger charge is 2.16. The summed E-state index contributed by atoms with van der Waals surface area (Å²) in [5, 5.41) is 0. The minimum atomic E-state index is -3.27. The first-order chi connectivity index (χ1) is 10.8. The number of hydrogen-bond acceptors (Lipinski definition) is 3. The van der Waals surface area contributed by atoms with Crippen LogP contribution in [0.5, 0.6) is 5.75 Å². The maximum Gasteiger partial charge on any atom is 0.158 e. The smallest absolute Gasteiger partial charge is 0.158 e. The van der Waals surface area contributed by atoms with E-state index in [9.17, 15) is 8.42 Å². The molecule has 2 aromatic carbocycles. The van der Waals surface area contributed by atoms with E-state index < -0.39 is 9.84 Å². The van der Waals surface area contributed by atoms with E-state index in [-0.39, 0.29) is 11.5 Å². The van der Waals surface area contributed by atoms with E-state index in [0.29, 0.717) is 17.2 Å². The third kappa shape index (κ3) is 5.08. The summed E-state index contributed by atoms with van der Waals surface area (Å²) in [5.74, 6) is 1.02. The summed E-state index contributed by atoms with van der Waals surface area (Å²) in [5.41, 5.74) is 2.68. The molecule has 0 aliphatic heterocycles. The molecule has 0 aromatic heterocycles. The first kappa shape index (κ1) is 18.0. The summed E-state index contributed by atoms with van der Waals surface area (Å²) in [6.45, 7) is 4.23. The van der Waals surface area contributed by atoms with Gasteiger partial charge in [0.05, 0.1) is 18.6 Å². The van der Waals surface area contributed by atoms with Gasteiger partial charge in [0, 0.05) is 10.0 Å². The van der Waals surface area contributed by atoms with Crippen molar-refractivity contribution in [3.05, 3.63) is 63.6 Å². The summed E-state index contributed by atoms with van der Waals surface area (Å²) < 4.78 is 31.1. The van der Waals surface area contributed by atoms with Crippen LogP contribution in [-0.4, -0.2) is 15.5 Å². The Morgan fingerprint density at radius 1 is 1.04 bits per heavy atom. The fourth-order valence-electron chi connectivity index (χ4n) is 2.40. The van der Waals surface area contributed by atoms with Crippen molar-refractivity contribution >= 4 is 25.8 Å². The molecule has 3 nitrogen and oxygen atoms in total. The average molecular weight is 397 g/mol. The molecule has 0 aliphatic carbocycles. The second kappa shape index (κ2) is 7.49. The first-order valence-corrected chi connectivity index (χ1v) is 10.0. The molecule has 0 radical (unpaired) electrons. The van der Waals surface area contributed by atoms with E-state index in [1.54, 1.807) is 19.2 Å². The minimum Gasteiger partial charge on any atom is -0.496 e. The third-order valence-corrected chi connectivity index (χ3v) is 5.67. The van der Waals surface area contributed by atoms with Gasteiger partial charge in [0.15, 0.2) is 9.84 Å². The molecule has 0 fully saturated rings. The topological polar surface area (TPSA) is 43.4 Å². The van der Waals surface area contributed by atoms with Crippen LogP contribution >= 0.6 is 15.9 Å². The number of hydrogen-bond donors (Lipinski definition) is 0. The second-order valence-corrected chi connectivity index (χ2v) is 8.86. The van der Waals surface area contributed by atoms with Gasteiger partial charge in [-0.15, -0.1) is 0 Å². The molecule has 0 bridgehead atoms. The van der Waals surface area contributed by atoms with Gasteiger partial charge in [0.25, 0.3) is 0 Å². The summed E-state index contributed by atoms with van der Waals surface area (Å²) in [4.78, 5) is 0. The van der Waals surface area contributed by atoms with Crippen LogP contribution in [0.15, 0.2) is 46.9 Å². The fraction of sp³-hybridized carbons (Fsp3) is 0.333. The molecule has 0 heterocycles. The maximum absolute atomic E-state index is 12.5. The van der Waals surface area contributed by atoms with E-state index in [2.05, 4.69) is 29.8 Å². The Kier molecular flexibility index (Phi) is 5.87. The monoisotopic (exact) mass is 396 g/mol. The van der Waals surface area contributed by atoms with Crippen molar-refractivity contribution < 1.29 is 13.2 Å². The SMILES string of the molecule is COc1ccc(Br)cc1CS(=O)(=O)Cc1ccc(C(C)C)cc1. The lowest BCUT2D eigenvalue weighted by molar-refractivity contribution is 0.411. The van der Waals surface area contributed by atoms with Crippen molar-refractivity contribution in [2.45, 2.75) is 31.3 Å². The normalized spacial score (nSPS) is 11.7. The average Bonchev–Trinajstić information content (AvgIpc) is 2.47. The Bertz CT molecular complexity index is 765. The van der Waals surface area contributed by atoms with Crippen LogP contribution in [0.25, 0.3) is 0 Å². The van der Waals surface area contributed by atoms with Gasteiger partial charge in [-0.3, -0.25) is 0 Å². The number of benzene rings is 2. The fourth-order valence-corrected chi connectivity index (χ4v) is 4.31. The summed E-state index contributed by atoms with van der Waals surface area (Å²) >= 11 is 3.37. The highest BCUT2D eigenvalue weighted by atomic mass is 79.9. The summed E-state index contributed by atoms with van der Waals surface area (Å²) in [7, 11) is -1.73. The van der Waals surface area contributed by atoms with E-state index in [1.165, 1.54) is 5.56 Å². The molecule has 2 rings (SSSR count). The molecule has 0 unspecified atom stereocenters. The third-order valence-electron chi connectivity index (χ3n) is 3.65. The van der Waals surface area contributed by atoms with Crippen LogP contribution in [0.3, 0.4) is 0 Å². The molecule has 0 saturated carbocycles. The zero-order chi connectivity index (χ0) is 17.0. The molecule has 124 valence electrons. The van der Waals surface area contributed by atoms with Crippen LogP contribution in [0.2, 0.25) is 0 Å². The molecule has 0 N–H and O–H groups in total. The van der Waals surface area contributed by atoms with Gasteiger partial charge in [0.1, 0.15) is 5.75 Å². The van der Waals surface area contributed by atoms with Crippen LogP contribution in [0.4, 0.5) is 0 Å². The molecule has 2 aromatic rings. The van der Waals surface area contributed by atoms with E-state index >= 15 is 0 Å². The Balaban J connectivity index is 2.18. The molecule has 0 amide bonds. The quantitative estimate of drug-likeness (QED) is 0.710. The highest BCUT2D eigenvalue weighted by Crippen LogP contribution is 2.26. The predicted molar refractivity (Wildman–Crippen MR) is 97.6 cm³/mol. The number of methoxy groups -OCH3 is 1. The van der Waals surface area contributed by atoms with Gasteiger partial charge < -0.3 is 4.74 Å². The highest BCUT2D eigenvalue weighted by molar-refractivity contribution is 9.10. The van der Waals surface area contributed by atoms with Crippen LogP contribution in [0, 0.1) is 0 Å². The van der Waals surface area contributed by atoms with Crippen molar-refractivity contribution in [3.63, 3.8) is 0 Å². The van der Waals surface area contributed by atoms with E-state index in [1.807, 2.05) is 30.3 Å². The molecular formula is C18H21BrO3S. The summed E-state index contributed by atoms with van der Waals surface area (Å²) in [6.07, 6.45) is 0. The van der Waals surface area contributed by atoms with Gasteiger partial charge in [-0.25, -0.2) is 8.42 Å². The molecule has 5 heteroatoms. The molecule has 0 spiro atoms. The van der Waals surface area contributed by atoms with Crippen LogP contribution in [0.1, 0.15) is 36.5 Å². The molecule has 0 saturated heterocycles. The Morgan fingerprint density at radius 2 is 1.70 bits per heavy atom. The van der Waals surface area contributed by atoms with Crippen molar-refractivity contribution in [1.29, 1.82) is 0 Å².